The number of likely N-dealkylation sites (tertiary alicyclic amines) is 1. The molecule has 8 heteroatoms. The van der Waals surface area contributed by atoms with Crippen molar-refractivity contribution in [2.45, 2.75) is 44.2 Å². The molecule has 0 saturated carbocycles. The number of carbonyl (C=O) groups excluding carboxylic acids is 2. The van der Waals surface area contributed by atoms with E-state index in [1.807, 2.05) is 0 Å². The van der Waals surface area contributed by atoms with Gasteiger partial charge in [0.15, 0.2) is 5.66 Å². The van der Waals surface area contributed by atoms with Crippen LogP contribution >= 0.6 is 0 Å². The third kappa shape index (κ3) is 5.06. The second kappa shape index (κ2) is 8.83. The Bertz CT molecular complexity index is 805. The maximum atomic E-state index is 14.3. The average Bonchev–Trinajstić information content (AvgIpc) is 3.48. The van der Waals surface area contributed by atoms with Crippen LogP contribution in [0, 0.1) is 18.2 Å². The summed E-state index contributed by atoms with van der Waals surface area (Å²) in [5, 5.41) is 13.3. The highest BCUT2D eigenvalue weighted by Gasteiger charge is 2.38. The predicted octanol–water partition coefficient (Wildman–Crippen LogP) is 3.54. The van der Waals surface area contributed by atoms with Crippen molar-refractivity contribution in [3.05, 3.63) is 29.6 Å². The van der Waals surface area contributed by atoms with E-state index in [2.05, 4.69) is 26.8 Å². The lowest BCUT2D eigenvalue weighted by Crippen LogP contribution is -2.38. The molecule has 2 aliphatic heterocycles. The molecule has 28 heavy (non-hydrogen) atoms. The fourth-order valence-electron chi connectivity index (χ4n) is 3.20. The van der Waals surface area contributed by atoms with Crippen LogP contribution in [0.5, 0.6) is 0 Å². The van der Waals surface area contributed by atoms with Crippen LogP contribution in [0.2, 0.25) is 0 Å². The fraction of sp³-hybridized carbons (Fsp3) is 0.500. The summed E-state index contributed by atoms with van der Waals surface area (Å²) in [4.78, 5) is 26.1. The van der Waals surface area contributed by atoms with Gasteiger partial charge in [-0.05, 0) is 37.5 Å². The van der Waals surface area contributed by atoms with Gasteiger partial charge in [0.2, 0.25) is 0 Å². The molecule has 1 aromatic carbocycles. The summed E-state index contributed by atoms with van der Waals surface area (Å²) < 4.78 is 14.3. The number of hydrogen-bond acceptors (Lipinski definition) is 4. The number of urea groups is 1. The Morgan fingerprint density at radius 3 is 2.61 bits per heavy atom. The van der Waals surface area contributed by atoms with Gasteiger partial charge in [0.05, 0.1) is 5.69 Å². The number of benzene rings is 1. The van der Waals surface area contributed by atoms with E-state index in [1.165, 1.54) is 12.1 Å². The first-order valence-corrected chi connectivity index (χ1v) is 9.54. The van der Waals surface area contributed by atoms with E-state index in [0.29, 0.717) is 38.9 Å². The summed E-state index contributed by atoms with van der Waals surface area (Å²) >= 11 is 0. The maximum Gasteiger partial charge on any atom is 0.321 e. The van der Waals surface area contributed by atoms with Gasteiger partial charge >= 0.3 is 6.03 Å². The monoisotopic (exact) mass is 385 g/mol. The van der Waals surface area contributed by atoms with Gasteiger partial charge in [0, 0.05) is 44.5 Å². The smallest absolute Gasteiger partial charge is 0.321 e. The Morgan fingerprint density at radius 2 is 1.96 bits per heavy atom. The zero-order chi connectivity index (χ0) is 20.0. The third-order valence-electron chi connectivity index (χ3n) is 4.98. The van der Waals surface area contributed by atoms with Gasteiger partial charge in [0.25, 0.3) is 5.91 Å². The van der Waals surface area contributed by atoms with Crippen LogP contribution in [-0.2, 0) is 0 Å². The van der Waals surface area contributed by atoms with Crippen molar-refractivity contribution < 1.29 is 14.0 Å². The van der Waals surface area contributed by atoms with E-state index in [9.17, 15) is 14.0 Å². The highest BCUT2D eigenvalue weighted by atomic mass is 19.1. The van der Waals surface area contributed by atoms with E-state index < -0.39 is 11.5 Å². The zero-order valence-corrected chi connectivity index (χ0v) is 15.7. The van der Waals surface area contributed by atoms with Gasteiger partial charge in [-0.25, -0.2) is 9.18 Å². The lowest BCUT2D eigenvalue weighted by atomic mass is 10.0. The van der Waals surface area contributed by atoms with Crippen molar-refractivity contribution in [1.82, 2.24) is 10.2 Å². The molecule has 0 bridgehead atoms. The molecule has 0 unspecified atom stereocenters. The van der Waals surface area contributed by atoms with Crippen molar-refractivity contribution in [3.63, 3.8) is 0 Å². The van der Waals surface area contributed by atoms with Crippen molar-refractivity contribution >= 4 is 17.6 Å². The molecule has 0 spiro atoms. The largest absolute Gasteiger partial charge is 0.352 e. The number of nitrogens with one attached hydrogen (secondary N) is 2. The van der Waals surface area contributed by atoms with Gasteiger partial charge in [0.1, 0.15) is 5.82 Å². The first-order valence-electron chi connectivity index (χ1n) is 9.54. The Morgan fingerprint density at radius 1 is 1.21 bits per heavy atom. The van der Waals surface area contributed by atoms with E-state index in [1.54, 1.807) is 4.90 Å². The molecule has 3 rings (SSSR count). The molecular formula is C20H24FN5O2. The molecule has 7 nitrogen and oxygen atoms in total. The van der Waals surface area contributed by atoms with Crippen LogP contribution in [0.1, 0.15) is 48.9 Å². The molecule has 1 aromatic rings. The Labute approximate surface area is 163 Å². The number of nitrogens with zero attached hydrogens (tertiary/aromatic N) is 3. The Balaban J connectivity index is 1.49. The van der Waals surface area contributed by atoms with Crippen molar-refractivity contribution in [2.24, 2.45) is 10.2 Å². The van der Waals surface area contributed by atoms with Gasteiger partial charge < -0.3 is 15.5 Å². The normalized spacial score (nSPS) is 16.9. The molecule has 2 N–H and O–H groups in total. The van der Waals surface area contributed by atoms with E-state index in [4.69, 9.17) is 6.42 Å². The highest BCUT2D eigenvalue weighted by Crippen LogP contribution is 2.36. The van der Waals surface area contributed by atoms with Crippen LogP contribution in [-0.4, -0.2) is 42.1 Å². The highest BCUT2D eigenvalue weighted by molar-refractivity contribution is 5.95. The summed E-state index contributed by atoms with van der Waals surface area (Å²) in [6.45, 7) is 1.72. The molecule has 0 aliphatic carbocycles. The zero-order valence-electron chi connectivity index (χ0n) is 15.7. The van der Waals surface area contributed by atoms with Crippen molar-refractivity contribution in [1.29, 1.82) is 0 Å². The molecule has 2 aliphatic rings. The quantitative estimate of drug-likeness (QED) is 0.704. The molecular weight excluding hydrogens is 361 g/mol. The second-order valence-electron chi connectivity index (χ2n) is 7.06. The summed E-state index contributed by atoms with van der Waals surface area (Å²) in [5.74, 6) is 1.52. The van der Waals surface area contributed by atoms with Crippen LogP contribution in [0.4, 0.5) is 14.9 Å². The maximum absolute atomic E-state index is 14.3. The SMILES string of the molecule is C#CCCC1(CCNC(=O)c2ccc(NC(=O)N3CCCCC3)c(F)c2)N=N1. The Hall–Kier alpha value is -2.95. The molecule has 0 aromatic heterocycles. The minimum absolute atomic E-state index is 0.0657. The number of hydrogen-bond donors (Lipinski definition) is 2. The van der Waals surface area contributed by atoms with Crippen LogP contribution in [0.3, 0.4) is 0 Å². The summed E-state index contributed by atoms with van der Waals surface area (Å²) in [6, 6.07) is 3.71. The predicted molar refractivity (Wildman–Crippen MR) is 103 cm³/mol. The minimum Gasteiger partial charge on any atom is -0.352 e. The van der Waals surface area contributed by atoms with Gasteiger partial charge in [-0.15, -0.1) is 12.3 Å². The molecule has 3 amide bonds. The number of anilines is 1. The van der Waals surface area contributed by atoms with Crippen molar-refractivity contribution in [2.75, 3.05) is 25.0 Å². The number of halogens is 1. The molecule has 0 atom stereocenters. The number of rotatable bonds is 7. The van der Waals surface area contributed by atoms with Crippen LogP contribution < -0.4 is 10.6 Å². The van der Waals surface area contributed by atoms with Crippen molar-refractivity contribution in [3.8, 4) is 12.3 Å². The molecule has 0 radical (unpaired) electrons. The lowest BCUT2D eigenvalue weighted by molar-refractivity contribution is 0.0951. The van der Waals surface area contributed by atoms with Gasteiger partial charge in [-0.1, -0.05) is 0 Å². The average molecular weight is 385 g/mol. The van der Waals surface area contributed by atoms with Gasteiger partial charge in [-0.3, -0.25) is 4.79 Å². The second-order valence-corrected chi connectivity index (χ2v) is 7.06. The first kappa shape index (κ1) is 19.8. The first-order chi connectivity index (χ1) is 13.5. The number of piperidine rings is 1. The third-order valence-corrected chi connectivity index (χ3v) is 4.98. The molecule has 2 heterocycles. The van der Waals surface area contributed by atoms with Gasteiger partial charge in [-0.2, -0.15) is 10.2 Å². The lowest BCUT2D eigenvalue weighted by Gasteiger charge is -2.26. The van der Waals surface area contributed by atoms with Crippen LogP contribution in [0.15, 0.2) is 28.4 Å². The number of carbonyl (C=O) groups is 2. The van der Waals surface area contributed by atoms with E-state index >= 15 is 0 Å². The molecule has 1 saturated heterocycles. The summed E-state index contributed by atoms with van der Waals surface area (Å²) in [5.41, 5.74) is -0.209. The number of amides is 3. The number of terminal acetylenes is 1. The summed E-state index contributed by atoms with van der Waals surface area (Å²) in [6.07, 6.45) is 10.1. The Kier molecular flexibility index (Phi) is 6.24. The molecule has 148 valence electrons. The topological polar surface area (TPSA) is 86.2 Å². The van der Waals surface area contributed by atoms with E-state index in [0.717, 1.165) is 25.3 Å². The van der Waals surface area contributed by atoms with Crippen LogP contribution in [0.25, 0.3) is 0 Å². The minimum atomic E-state index is -0.643. The molecule has 1 fully saturated rings. The summed E-state index contributed by atoms with van der Waals surface area (Å²) in [7, 11) is 0. The fourth-order valence-corrected chi connectivity index (χ4v) is 3.20. The van der Waals surface area contributed by atoms with E-state index in [-0.39, 0.29) is 23.2 Å². The standard InChI is InChI=1S/C20H24FN5O2/c1-2-3-9-20(24-25-20)10-11-22-18(27)15-7-8-17(16(21)14-15)23-19(28)26-12-5-4-6-13-26/h1,7-8,14H,3-6,9-13H2,(H,22,27)(H,23,28).